The molecule has 0 unspecified atom stereocenters. The number of aryl methyl sites for hydroxylation is 1. The van der Waals surface area contributed by atoms with Crippen molar-refractivity contribution in [2.45, 2.75) is 25.9 Å². The smallest absolute Gasteiger partial charge is 0.253 e. The molecule has 1 heterocycles. The third kappa shape index (κ3) is 3.07. The maximum absolute atomic E-state index is 12.4. The Morgan fingerprint density at radius 3 is 2.47 bits per heavy atom. The van der Waals surface area contributed by atoms with Gasteiger partial charge < -0.3 is 14.9 Å². The molecule has 2 rings (SSSR count). The summed E-state index contributed by atoms with van der Waals surface area (Å²) in [7, 11) is 3.99. The summed E-state index contributed by atoms with van der Waals surface area (Å²) >= 11 is 0. The number of amides is 1. The first-order chi connectivity index (χ1) is 8.99. The van der Waals surface area contributed by atoms with Gasteiger partial charge >= 0.3 is 0 Å². The second kappa shape index (κ2) is 5.61. The highest BCUT2D eigenvalue weighted by atomic mass is 16.3. The number of carbonyl (C=O) groups is 1. The minimum Gasteiger partial charge on any atom is -0.393 e. The average molecular weight is 262 g/mol. The Bertz CT molecular complexity index is 463. The Morgan fingerprint density at radius 2 is 1.95 bits per heavy atom. The van der Waals surface area contributed by atoms with Crippen LogP contribution in [-0.4, -0.2) is 49.2 Å². The molecule has 1 aromatic carbocycles. The molecule has 104 valence electrons. The van der Waals surface area contributed by atoms with Crippen molar-refractivity contribution >= 4 is 11.6 Å². The van der Waals surface area contributed by atoms with Crippen LogP contribution in [-0.2, 0) is 0 Å². The number of piperidine rings is 1. The second-order valence-corrected chi connectivity index (χ2v) is 5.42. The van der Waals surface area contributed by atoms with Crippen molar-refractivity contribution in [2.75, 3.05) is 32.1 Å². The minimum absolute atomic E-state index is 0.0697. The molecule has 1 aromatic rings. The summed E-state index contributed by atoms with van der Waals surface area (Å²) in [4.78, 5) is 16.2. The summed E-state index contributed by atoms with van der Waals surface area (Å²) in [6, 6.07) is 5.82. The van der Waals surface area contributed by atoms with Gasteiger partial charge in [-0.1, -0.05) is 0 Å². The third-order valence-corrected chi connectivity index (χ3v) is 3.68. The standard InChI is InChI=1S/C15H22N2O2/c1-11-10-12(4-5-14(11)16(2)3)15(19)17-8-6-13(18)7-9-17/h4-5,10,13,18H,6-9H2,1-3H3. The first-order valence-corrected chi connectivity index (χ1v) is 6.74. The molecule has 1 fully saturated rings. The van der Waals surface area contributed by atoms with E-state index in [0.29, 0.717) is 25.9 Å². The Hall–Kier alpha value is -1.55. The number of hydrogen-bond acceptors (Lipinski definition) is 3. The van der Waals surface area contributed by atoms with Gasteiger partial charge in [-0.15, -0.1) is 0 Å². The SMILES string of the molecule is Cc1cc(C(=O)N2CCC(O)CC2)ccc1N(C)C. The molecule has 4 heteroatoms. The van der Waals surface area contributed by atoms with Gasteiger partial charge in [0, 0.05) is 38.4 Å². The van der Waals surface area contributed by atoms with Crippen LogP contribution in [0, 0.1) is 6.92 Å². The number of likely N-dealkylation sites (tertiary alicyclic amines) is 1. The molecule has 0 spiro atoms. The Kier molecular flexibility index (Phi) is 4.10. The molecular formula is C15H22N2O2. The van der Waals surface area contributed by atoms with E-state index < -0.39 is 0 Å². The predicted molar refractivity (Wildman–Crippen MR) is 76.7 cm³/mol. The lowest BCUT2D eigenvalue weighted by atomic mass is 10.0. The van der Waals surface area contributed by atoms with E-state index in [2.05, 4.69) is 0 Å². The van der Waals surface area contributed by atoms with Crippen LogP contribution in [0.1, 0.15) is 28.8 Å². The summed E-state index contributed by atoms with van der Waals surface area (Å²) in [6.45, 7) is 3.31. The molecule has 0 bridgehead atoms. The van der Waals surface area contributed by atoms with Crippen molar-refractivity contribution < 1.29 is 9.90 Å². The van der Waals surface area contributed by atoms with Crippen molar-refractivity contribution in [3.05, 3.63) is 29.3 Å². The molecule has 1 aliphatic rings. The number of rotatable bonds is 2. The van der Waals surface area contributed by atoms with Crippen LogP contribution in [0.15, 0.2) is 18.2 Å². The van der Waals surface area contributed by atoms with Gasteiger partial charge in [-0.25, -0.2) is 0 Å². The van der Waals surface area contributed by atoms with Gasteiger partial charge in [-0.3, -0.25) is 4.79 Å². The van der Waals surface area contributed by atoms with Crippen LogP contribution >= 0.6 is 0 Å². The Labute approximate surface area is 114 Å². The molecule has 1 saturated heterocycles. The molecule has 1 aliphatic heterocycles. The highest BCUT2D eigenvalue weighted by molar-refractivity contribution is 5.95. The molecule has 0 aliphatic carbocycles. The number of carbonyl (C=O) groups excluding carboxylic acids is 1. The van der Waals surface area contributed by atoms with Crippen LogP contribution in [0.2, 0.25) is 0 Å². The van der Waals surface area contributed by atoms with E-state index >= 15 is 0 Å². The number of benzene rings is 1. The van der Waals surface area contributed by atoms with Gasteiger partial charge in [0.2, 0.25) is 0 Å². The van der Waals surface area contributed by atoms with Gasteiger partial charge in [-0.05, 0) is 43.5 Å². The van der Waals surface area contributed by atoms with E-state index in [0.717, 1.165) is 16.8 Å². The maximum Gasteiger partial charge on any atom is 0.253 e. The summed E-state index contributed by atoms with van der Waals surface area (Å²) in [5.74, 6) is 0.0697. The molecule has 0 aromatic heterocycles. The zero-order chi connectivity index (χ0) is 14.0. The van der Waals surface area contributed by atoms with Gasteiger partial charge in [-0.2, -0.15) is 0 Å². The van der Waals surface area contributed by atoms with Crippen LogP contribution in [0.4, 0.5) is 5.69 Å². The molecule has 1 N–H and O–H groups in total. The lowest BCUT2D eigenvalue weighted by Gasteiger charge is -2.30. The van der Waals surface area contributed by atoms with E-state index in [1.54, 1.807) is 0 Å². The fraction of sp³-hybridized carbons (Fsp3) is 0.533. The number of anilines is 1. The topological polar surface area (TPSA) is 43.8 Å². The Morgan fingerprint density at radius 1 is 1.32 bits per heavy atom. The fourth-order valence-corrected chi connectivity index (χ4v) is 2.54. The molecule has 0 atom stereocenters. The predicted octanol–water partition coefficient (Wildman–Crippen LogP) is 1.66. The van der Waals surface area contributed by atoms with E-state index in [4.69, 9.17) is 0 Å². The molecule has 19 heavy (non-hydrogen) atoms. The van der Waals surface area contributed by atoms with Crippen LogP contribution in [0.5, 0.6) is 0 Å². The lowest BCUT2D eigenvalue weighted by Crippen LogP contribution is -2.40. The maximum atomic E-state index is 12.4. The minimum atomic E-state index is -0.248. The van der Waals surface area contributed by atoms with E-state index in [9.17, 15) is 9.90 Å². The highest BCUT2D eigenvalue weighted by Gasteiger charge is 2.22. The van der Waals surface area contributed by atoms with E-state index in [1.807, 2.05) is 49.0 Å². The molecule has 1 amide bonds. The monoisotopic (exact) mass is 262 g/mol. The van der Waals surface area contributed by atoms with Gasteiger partial charge in [0.15, 0.2) is 0 Å². The lowest BCUT2D eigenvalue weighted by molar-refractivity contribution is 0.0546. The molecular weight excluding hydrogens is 240 g/mol. The number of nitrogens with zero attached hydrogens (tertiary/aromatic N) is 2. The normalized spacial score (nSPS) is 16.5. The summed E-state index contributed by atoms with van der Waals surface area (Å²) in [5, 5.41) is 9.48. The first-order valence-electron chi connectivity index (χ1n) is 6.74. The third-order valence-electron chi connectivity index (χ3n) is 3.68. The molecule has 4 nitrogen and oxygen atoms in total. The number of hydrogen-bond donors (Lipinski definition) is 1. The second-order valence-electron chi connectivity index (χ2n) is 5.42. The Balaban J connectivity index is 2.13. The van der Waals surface area contributed by atoms with Crippen molar-refractivity contribution in [1.82, 2.24) is 4.90 Å². The van der Waals surface area contributed by atoms with Crippen LogP contribution in [0.25, 0.3) is 0 Å². The number of aliphatic hydroxyl groups excluding tert-OH is 1. The van der Waals surface area contributed by atoms with E-state index in [1.165, 1.54) is 0 Å². The summed E-state index contributed by atoms with van der Waals surface area (Å²) in [6.07, 6.45) is 1.11. The summed E-state index contributed by atoms with van der Waals surface area (Å²) < 4.78 is 0. The van der Waals surface area contributed by atoms with Crippen molar-refractivity contribution in [2.24, 2.45) is 0 Å². The van der Waals surface area contributed by atoms with Gasteiger partial charge in [0.1, 0.15) is 0 Å². The van der Waals surface area contributed by atoms with Crippen molar-refractivity contribution in [3.63, 3.8) is 0 Å². The molecule has 0 saturated carbocycles. The zero-order valence-corrected chi connectivity index (χ0v) is 11.9. The van der Waals surface area contributed by atoms with Crippen LogP contribution in [0.3, 0.4) is 0 Å². The zero-order valence-electron chi connectivity index (χ0n) is 11.9. The van der Waals surface area contributed by atoms with Gasteiger partial charge in [0.25, 0.3) is 5.91 Å². The van der Waals surface area contributed by atoms with Crippen molar-refractivity contribution in [1.29, 1.82) is 0 Å². The number of aliphatic hydroxyl groups is 1. The first kappa shape index (κ1) is 13.9. The van der Waals surface area contributed by atoms with Gasteiger partial charge in [0.05, 0.1) is 6.10 Å². The van der Waals surface area contributed by atoms with Crippen molar-refractivity contribution in [3.8, 4) is 0 Å². The van der Waals surface area contributed by atoms with Crippen LogP contribution < -0.4 is 4.90 Å². The summed E-state index contributed by atoms with van der Waals surface area (Å²) in [5.41, 5.74) is 2.97. The average Bonchev–Trinajstić information content (AvgIpc) is 2.38. The largest absolute Gasteiger partial charge is 0.393 e. The highest BCUT2D eigenvalue weighted by Crippen LogP contribution is 2.21. The van der Waals surface area contributed by atoms with E-state index in [-0.39, 0.29) is 12.0 Å². The fourth-order valence-electron chi connectivity index (χ4n) is 2.54. The quantitative estimate of drug-likeness (QED) is 0.881. The molecule has 0 radical (unpaired) electrons.